The molecule has 0 bridgehead atoms. The van der Waals surface area contributed by atoms with E-state index in [-0.39, 0.29) is 30.2 Å². The Labute approximate surface area is 175 Å². The third-order valence-corrected chi connectivity index (χ3v) is 5.43. The second-order valence-electron chi connectivity index (χ2n) is 7.49. The summed E-state index contributed by atoms with van der Waals surface area (Å²) in [4.78, 5) is 39.3. The van der Waals surface area contributed by atoms with Gasteiger partial charge in [0.05, 0.1) is 5.69 Å². The lowest BCUT2D eigenvalue weighted by atomic mass is 10.0. The van der Waals surface area contributed by atoms with Crippen molar-refractivity contribution in [3.05, 3.63) is 66.2 Å². The van der Waals surface area contributed by atoms with Gasteiger partial charge in [0.15, 0.2) is 0 Å². The van der Waals surface area contributed by atoms with E-state index in [1.54, 1.807) is 29.2 Å². The summed E-state index contributed by atoms with van der Waals surface area (Å²) in [6.07, 6.45) is 2.01. The Balaban J connectivity index is 1.36. The van der Waals surface area contributed by atoms with E-state index in [9.17, 15) is 14.4 Å². The van der Waals surface area contributed by atoms with Gasteiger partial charge in [-0.3, -0.25) is 14.4 Å². The van der Waals surface area contributed by atoms with Gasteiger partial charge in [-0.2, -0.15) is 5.10 Å². The van der Waals surface area contributed by atoms with Crippen molar-refractivity contribution in [3.8, 4) is 0 Å². The first kappa shape index (κ1) is 19.8. The smallest absolute Gasteiger partial charge is 0.270 e. The number of rotatable bonds is 4. The maximum Gasteiger partial charge on any atom is 0.270 e. The lowest BCUT2D eigenvalue weighted by Crippen LogP contribution is -2.49. The Kier molecular flexibility index (Phi) is 5.88. The van der Waals surface area contributed by atoms with E-state index in [2.05, 4.69) is 10.4 Å². The molecule has 0 aromatic heterocycles. The summed E-state index contributed by atoms with van der Waals surface area (Å²) in [5, 5.41) is 8.73. The van der Waals surface area contributed by atoms with Crippen LogP contribution in [-0.4, -0.2) is 47.5 Å². The van der Waals surface area contributed by atoms with Crippen molar-refractivity contribution in [2.75, 3.05) is 18.1 Å². The number of piperidine rings is 1. The molecule has 1 fully saturated rings. The Morgan fingerprint density at radius 2 is 1.53 bits per heavy atom. The first-order valence-corrected chi connectivity index (χ1v) is 10.2. The van der Waals surface area contributed by atoms with Crippen LogP contribution in [0.3, 0.4) is 0 Å². The fraction of sp³-hybridized carbons (Fsp3) is 0.304. The summed E-state index contributed by atoms with van der Waals surface area (Å²) < 4.78 is 0. The van der Waals surface area contributed by atoms with Crippen molar-refractivity contribution >= 4 is 29.1 Å². The predicted molar refractivity (Wildman–Crippen MR) is 114 cm³/mol. The summed E-state index contributed by atoms with van der Waals surface area (Å²) >= 11 is 0. The molecule has 2 aromatic carbocycles. The van der Waals surface area contributed by atoms with Crippen LogP contribution < -0.4 is 10.3 Å². The highest BCUT2D eigenvalue weighted by Gasteiger charge is 2.30. The number of nitrogens with zero attached hydrogens (tertiary/aromatic N) is 3. The van der Waals surface area contributed by atoms with Crippen LogP contribution in [0.15, 0.2) is 65.8 Å². The highest BCUT2D eigenvalue weighted by molar-refractivity contribution is 6.40. The monoisotopic (exact) mass is 404 g/mol. The molecule has 0 spiro atoms. The fourth-order valence-corrected chi connectivity index (χ4v) is 3.75. The number of nitrogens with one attached hydrogen (secondary N) is 1. The summed E-state index contributed by atoms with van der Waals surface area (Å²) in [6.45, 7) is 1.10. The van der Waals surface area contributed by atoms with E-state index >= 15 is 0 Å². The maximum absolute atomic E-state index is 13.0. The second-order valence-corrected chi connectivity index (χ2v) is 7.49. The molecule has 3 amide bonds. The van der Waals surface area contributed by atoms with Crippen molar-refractivity contribution in [1.29, 1.82) is 0 Å². The molecule has 7 heteroatoms. The average Bonchev–Trinajstić information content (AvgIpc) is 2.80. The third-order valence-electron chi connectivity index (χ3n) is 5.43. The molecule has 0 aliphatic carbocycles. The SMILES string of the molecule is O=C(NC1CCN(C(=O)C2=NN(c3ccccc3)C(=O)CC2)CC1)c1ccccc1. The average molecular weight is 404 g/mol. The number of likely N-dealkylation sites (tertiary alicyclic amines) is 1. The van der Waals surface area contributed by atoms with Crippen molar-refractivity contribution < 1.29 is 14.4 Å². The third kappa shape index (κ3) is 4.40. The molecule has 0 saturated carbocycles. The minimum Gasteiger partial charge on any atom is -0.349 e. The van der Waals surface area contributed by atoms with Gasteiger partial charge in [-0.05, 0) is 37.1 Å². The van der Waals surface area contributed by atoms with Crippen LogP contribution in [0.5, 0.6) is 0 Å². The van der Waals surface area contributed by atoms with Gasteiger partial charge < -0.3 is 10.2 Å². The molecule has 30 heavy (non-hydrogen) atoms. The molecule has 154 valence electrons. The number of anilines is 1. The lowest BCUT2D eigenvalue weighted by Gasteiger charge is -2.33. The quantitative estimate of drug-likeness (QED) is 0.850. The van der Waals surface area contributed by atoms with Crippen LogP contribution in [0.25, 0.3) is 0 Å². The van der Waals surface area contributed by atoms with E-state index in [1.807, 2.05) is 36.4 Å². The number of amides is 3. The van der Waals surface area contributed by atoms with Crippen molar-refractivity contribution in [2.24, 2.45) is 5.10 Å². The fourth-order valence-electron chi connectivity index (χ4n) is 3.75. The number of para-hydroxylation sites is 1. The van der Waals surface area contributed by atoms with E-state index in [4.69, 9.17) is 0 Å². The van der Waals surface area contributed by atoms with Crippen LogP contribution in [0.1, 0.15) is 36.0 Å². The molecule has 2 aliphatic rings. The number of hydrogen-bond donors (Lipinski definition) is 1. The summed E-state index contributed by atoms with van der Waals surface area (Å²) in [5.74, 6) is -0.328. The van der Waals surface area contributed by atoms with Crippen LogP contribution in [0.4, 0.5) is 5.69 Å². The van der Waals surface area contributed by atoms with Gasteiger partial charge in [-0.1, -0.05) is 36.4 Å². The van der Waals surface area contributed by atoms with Gasteiger partial charge in [-0.15, -0.1) is 0 Å². The number of carbonyl (C=O) groups is 3. The van der Waals surface area contributed by atoms with Crippen molar-refractivity contribution in [3.63, 3.8) is 0 Å². The molecule has 0 unspecified atom stereocenters. The van der Waals surface area contributed by atoms with Crippen LogP contribution in [-0.2, 0) is 9.59 Å². The van der Waals surface area contributed by atoms with Gasteiger partial charge in [0, 0.05) is 37.5 Å². The van der Waals surface area contributed by atoms with Crippen molar-refractivity contribution in [1.82, 2.24) is 10.2 Å². The first-order chi connectivity index (χ1) is 14.6. The first-order valence-electron chi connectivity index (χ1n) is 10.2. The molecule has 7 nitrogen and oxygen atoms in total. The molecule has 2 heterocycles. The number of hydrazone groups is 1. The molecule has 0 radical (unpaired) electrons. The van der Waals surface area contributed by atoms with E-state index in [0.29, 0.717) is 49.3 Å². The molecule has 0 atom stereocenters. The topological polar surface area (TPSA) is 82.1 Å². The Morgan fingerprint density at radius 3 is 2.20 bits per heavy atom. The highest BCUT2D eigenvalue weighted by atomic mass is 16.2. The number of carbonyl (C=O) groups excluding carboxylic acids is 3. The van der Waals surface area contributed by atoms with Crippen LogP contribution in [0.2, 0.25) is 0 Å². The van der Waals surface area contributed by atoms with E-state index < -0.39 is 0 Å². The molecule has 1 N–H and O–H groups in total. The van der Waals surface area contributed by atoms with Crippen LogP contribution >= 0.6 is 0 Å². The van der Waals surface area contributed by atoms with E-state index in [0.717, 1.165) is 0 Å². The zero-order chi connectivity index (χ0) is 20.9. The Morgan fingerprint density at radius 1 is 0.900 bits per heavy atom. The van der Waals surface area contributed by atoms with Gasteiger partial charge in [0.2, 0.25) is 5.91 Å². The summed E-state index contributed by atoms with van der Waals surface area (Å²) in [5.41, 5.74) is 1.71. The van der Waals surface area contributed by atoms with Gasteiger partial charge in [-0.25, -0.2) is 5.01 Å². The highest BCUT2D eigenvalue weighted by Crippen LogP contribution is 2.21. The Hall–Kier alpha value is -3.48. The minimum absolute atomic E-state index is 0.0393. The lowest BCUT2D eigenvalue weighted by molar-refractivity contribution is -0.125. The van der Waals surface area contributed by atoms with Gasteiger partial charge in [0.1, 0.15) is 5.71 Å². The standard InChI is InChI=1S/C23H24N4O3/c28-21-12-11-20(25-27(21)19-9-5-2-6-10-19)23(30)26-15-13-18(14-16-26)24-22(29)17-7-3-1-4-8-17/h1-10,18H,11-16H2,(H,24,29). The van der Waals surface area contributed by atoms with Gasteiger partial charge >= 0.3 is 0 Å². The molecule has 1 saturated heterocycles. The minimum atomic E-state index is -0.128. The predicted octanol–water partition coefficient (Wildman–Crippen LogP) is 2.59. The Bertz CT molecular complexity index is 951. The molecular formula is C23H24N4O3. The largest absolute Gasteiger partial charge is 0.349 e. The molecule has 2 aliphatic heterocycles. The molecular weight excluding hydrogens is 380 g/mol. The van der Waals surface area contributed by atoms with Gasteiger partial charge in [0.25, 0.3) is 11.8 Å². The summed E-state index contributed by atoms with van der Waals surface area (Å²) in [6, 6.07) is 18.3. The van der Waals surface area contributed by atoms with Crippen LogP contribution in [0, 0.1) is 0 Å². The number of benzene rings is 2. The second kappa shape index (κ2) is 8.90. The molecule has 2 aromatic rings. The zero-order valence-corrected chi connectivity index (χ0v) is 16.7. The normalized spacial score (nSPS) is 17.5. The van der Waals surface area contributed by atoms with E-state index in [1.165, 1.54) is 5.01 Å². The number of hydrogen-bond acceptors (Lipinski definition) is 4. The maximum atomic E-state index is 13.0. The summed E-state index contributed by atoms with van der Waals surface area (Å²) in [7, 11) is 0. The molecule has 4 rings (SSSR count). The zero-order valence-electron chi connectivity index (χ0n) is 16.7. The van der Waals surface area contributed by atoms with Crippen molar-refractivity contribution in [2.45, 2.75) is 31.7 Å².